The summed E-state index contributed by atoms with van der Waals surface area (Å²) in [7, 11) is 3.39. The maximum absolute atomic E-state index is 14.5. The molecule has 6 aliphatic rings. The van der Waals surface area contributed by atoms with Crippen LogP contribution in [0.15, 0.2) is 48.5 Å². The van der Waals surface area contributed by atoms with Crippen LogP contribution >= 0.6 is 23.5 Å². The van der Waals surface area contributed by atoms with Crippen LogP contribution in [0, 0.1) is 34.5 Å². The molecule has 4 aliphatic heterocycles. The van der Waals surface area contributed by atoms with Crippen molar-refractivity contribution in [3.8, 4) is 23.7 Å². The Labute approximate surface area is 432 Å². The Morgan fingerprint density at radius 1 is 0.639 bits per heavy atom. The number of rotatable bonds is 14. The number of fused-ring (bicyclic) bond motifs is 4. The monoisotopic (exact) mass is 1020 g/mol. The predicted octanol–water partition coefficient (Wildman–Crippen LogP) is 2.96. The lowest BCUT2D eigenvalue weighted by molar-refractivity contribution is -0.144. The van der Waals surface area contributed by atoms with Crippen molar-refractivity contribution in [2.45, 2.75) is 151 Å². The molecule has 0 saturated carbocycles. The van der Waals surface area contributed by atoms with Crippen LogP contribution < -0.4 is 31.9 Å². The van der Waals surface area contributed by atoms with Crippen molar-refractivity contribution in [2.24, 2.45) is 10.8 Å². The maximum atomic E-state index is 14.5. The molecule has 0 bridgehead atoms. The summed E-state index contributed by atoms with van der Waals surface area (Å²) in [5, 5.41) is 17.9. The molecule has 2 aliphatic carbocycles. The molecular weight excluding hydrogens is 953 g/mol. The number of hydrogen-bond donors (Lipinski definition) is 6. The molecule has 0 unspecified atom stereocenters. The van der Waals surface area contributed by atoms with Gasteiger partial charge in [0.2, 0.25) is 35.4 Å². The summed E-state index contributed by atoms with van der Waals surface area (Å²) in [6.07, 6.45) is 2.57. The predicted molar refractivity (Wildman–Crippen MR) is 278 cm³/mol. The number of amides is 6. The van der Waals surface area contributed by atoms with Crippen LogP contribution in [0.25, 0.3) is 0 Å². The van der Waals surface area contributed by atoms with Gasteiger partial charge in [0.05, 0.1) is 47.1 Å². The standard InChI is InChI=1S/C54H70N8O8S2/c1-31(55-7)47(63)57-37-21-25-71-41-29-53(3,4)45(61(41)51(37)67)49(65)59-43-35-19-13-11-17-33(35)27-39(43)69-23-15-9-10-16-24-70-40-28-34-18-12-14-20-36(34)44(40)60-50(66)46-54(5,6)30-42-62(46)52(68)38(22-26-72-42)58-48(64)32(2)56-8/h11-14,17-20,31-32,37-46,55-56H,21-30H2,1-8H3,(H,57,63)(H,58,64)(H,59,65)(H,60,66)/t31-,32-,37-,38-,39+,40+,41-,42-,43-,44-,45+,46+/m0/s1. The van der Waals surface area contributed by atoms with Gasteiger partial charge < -0.3 is 51.2 Å². The summed E-state index contributed by atoms with van der Waals surface area (Å²) in [6, 6.07) is 11.0. The van der Waals surface area contributed by atoms with E-state index in [1.807, 2.05) is 76.2 Å². The molecule has 4 saturated heterocycles. The molecule has 18 heteroatoms. The third kappa shape index (κ3) is 11.2. The fourth-order valence-electron chi connectivity index (χ4n) is 11.2. The molecule has 0 radical (unpaired) electrons. The minimum Gasteiger partial charge on any atom is -0.363 e. The summed E-state index contributed by atoms with van der Waals surface area (Å²) >= 11 is 3.31. The fourth-order valence-corrected chi connectivity index (χ4v) is 14.4. The fraction of sp³-hybridized carbons (Fsp3) is 0.593. The zero-order chi connectivity index (χ0) is 51.5. The number of nitrogens with one attached hydrogen (secondary N) is 6. The Morgan fingerprint density at radius 2 is 1.03 bits per heavy atom. The minimum absolute atomic E-state index is 0.0653. The quantitative estimate of drug-likeness (QED) is 0.152. The molecule has 16 nitrogen and oxygen atoms in total. The first-order chi connectivity index (χ1) is 34.4. The highest BCUT2D eigenvalue weighted by atomic mass is 32.2. The number of benzene rings is 2. The lowest BCUT2D eigenvalue weighted by Crippen LogP contribution is -2.58. The van der Waals surface area contributed by atoms with E-state index in [1.54, 1.807) is 61.3 Å². The highest BCUT2D eigenvalue weighted by Gasteiger charge is 2.57. The molecule has 4 heterocycles. The van der Waals surface area contributed by atoms with Crippen molar-refractivity contribution in [1.29, 1.82) is 0 Å². The van der Waals surface area contributed by atoms with Gasteiger partial charge in [-0.15, -0.1) is 23.5 Å². The van der Waals surface area contributed by atoms with Crippen molar-refractivity contribution >= 4 is 59.0 Å². The average Bonchev–Trinajstić information content (AvgIpc) is 3.99. The first kappa shape index (κ1) is 53.2. The average molecular weight is 1020 g/mol. The molecule has 6 N–H and O–H groups in total. The van der Waals surface area contributed by atoms with E-state index in [4.69, 9.17) is 9.47 Å². The molecule has 4 fully saturated rings. The second kappa shape index (κ2) is 22.6. The molecule has 386 valence electrons. The molecule has 2 aromatic rings. The van der Waals surface area contributed by atoms with Gasteiger partial charge in [-0.1, -0.05) is 88.1 Å². The van der Waals surface area contributed by atoms with Gasteiger partial charge in [-0.05, 0) is 110 Å². The third-order valence-electron chi connectivity index (χ3n) is 15.3. The first-order valence-corrected chi connectivity index (χ1v) is 27.3. The molecule has 0 spiro atoms. The van der Waals surface area contributed by atoms with Crippen molar-refractivity contribution in [1.82, 2.24) is 41.7 Å². The van der Waals surface area contributed by atoms with Crippen LogP contribution in [0.5, 0.6) is 0 Å². The van der Waals surface area contributed by atoms with Crippen LogP contribution in [0.1, 0.15) is 102 Å². The van der Waals surface area contributed by atoms with Crippen molar-refractivity contribution in [2.75, 3.05) is 38.8 Å². The van der Waals surface area contributed by atoms with Gasteiger partial charge in [0.15, 0.2) is 0 Å². The van der Waals surface area contributed by atoms with Crippen LogP contribution in [0.3, 0.4) is 0 Å². The number of ether oxygens (including phenoxy) is 2. The lowest BCUT2D eigenvalue weighted by Gasteiger charge is -2.35. The topological polar surface area (TPSA) is 200 Å². The second-order valence-electron chi connectivity index (χ2n) is 21.1. The molecule has 12 atom stereocenters. The maximum Gasteiger partial charge on any atom is 0.246 e. The van der Waals surface area contributed by atoms with E-state index in [0.29, 0.717) is 50.0 Å². The van der Waals surface area contributed by atoms with Crippen molar-refractivity contribution in [3.05, 3.63) is 70.8 Å². The Morgan fingerprint density at radius 3 is 1.42 bits per heavy atom. The van der Waals surface area contributed by atoms with Crippen LogP contribution in [-0.2, 0) is 51.1 Å². The van der Waals surface area contributed by atoms with Gasteiger partial charge in [-0.2, -0.15) is 0 Å². The lowest BCUT2D eigenvalue weighted by atomic mass is 9.83. The normalized spacial score (nSPS) is 29.6. The highest BCUT2D eigenvalue weighted by molar-refractivity contribution is 8.00. The smallest absolute Gasteiger partial charge is 0.246 e. The van der Waals surface area contributed by atoms with E-state index >= 15 is 0 Å². The van der Waals surface area contributed by atoms with E-state index in [2.05, 4.69) is 55.6 Å². The van der Waals surface area contributed by atoms with Crippen LogP contribution in [0.4, 0.5) is 0 Å². The molecule has 0 aromatic heterocycles. The summed E-state index contributed by atoms with van der Waals surface area (Å²) in [5.74, 6) is 11.6. The van der Waals surface area contributed by atoms with Crippen molar-refractivity contribution < 1.29 is 38.2 Å². The van der Waals surface area contributed by atoms with Gasteiger partial charge >= 0.3 is 0 Å². The summed E-state index contributed by atoms with van der Waals surface area (Å²) in [6.45, 7) is 11.7. The molecule has 6 amide bonds. The molecule has 2 aromatic carbocycles. The Balaban J connectivity index is 0.889. The minimum atomic E-state index is -0.754. The Bertz CT molecular complexity index is 2360. The Kier molecular flexibility index (Phi) is 16.7. The number of carbonyl (C=O) groups excluding carboxylic acids is 6. The van der Waals surface area contributed by atoms with Gasteiger partial charge in [0.1, 0.15) is 37.4 Å². The number of carbonyl (C=O) groups is 6. The van der Waals surface area contributed by atoms with E-state index in [1.165, 1.54) is 0 Å². The van der Waals surface area contributed by atoms with E-state index < -0.39 is 71.4 Å². The van der Waals surface area contributed by atoms with Gasteiger partial charge in [-0.3, -0.25) is 28.8 Å². The van der Waals surface area contributed by atoms with Gasteiger partial charge in [-0.25, -0.2) is 0 Å². The van der Waals surface area contributed by atoms with Gasteiger partial charge in [0, 0.05) is 12.8 Å². The number of nitrogens with zero attached hydrogens (tertiary/aromatic N) is 2. The number of hydrogen-bond acceptors (Lipinski definition) is 12. The molecule has 72 heavy (non-hydrogen) atoms. The molecular formula is C54H70N8O8S2. The third-order valence-corrected chi connectivity index (χ3v) is 17.8. The van der Waals surface area contributed by atoms with E-state index in [0.717, 1.165) is 22.3 Å². The first-order valence-electron chi connectivity index (χ1n) is 25.2. The number of thioether (sulfide) groups is 2. The van der Waals surface area contributed by atoms with E-state index in [9.17, 15) is 28.8 Å². The van der Waals surface area contributed by atoms with Gasteiger partial charge in [0.25, 0.3) is 0 Å². The summed E-state index contributed by atoms with van der Waals surface area (Å²) in [4.78, 5) is 86.6. The SMILES string of the molecule is CN[C@@H](C)C(=O)N[C@H]1CCS[C@H]2CC(C)(C)[C@@H](C(=O)N[C@H]3c4ccccc4C[C@H]3OCC#CC#CCO[C@@H]3Cc4ccccc4[C@@H]3NC(=O)[C@H]3N4C(=O)[C@@H](NC(=O)[C@H](C)NC)CCS[C@H]4CC3(C)C)N2C1=O. The van der Waals surface area contributed by atoms with Crippen molar-refractivity contribution in [3.63, 3.8) is 0 Å². The zero-order valence-corrected chi connectivity index (χ0v) is 44.2. The summed E-state index contributed by atoms with van der Waals surface area (Å²) < 4.78 is 12.7. The zero-order valence-electron chi connectivity index (χ0n) is 42.6. The summed E-state index contributed by atoms with van der Waals surface area (Å²) in [5.41, 5.74) is 2.99. The second-order valence-corrected chi connectivity index (χ2v) is 23.7. The largest absolute Gasteiger partial charge is 0.363 e. The van der Waals surface area contributed by atoms with Crippen LogP contribution in [0.2, 0.25) is 0 Å². The molecule has 8 rings (SSSR count). The highest BCUT2D eigenvalue weighted by Crippen LogP contribution is 2.48. The van der Waals surface area contributed by atoms with Crippen LogP contribution in [-0.4, -0.2) is 143 Å². The number of likely N-dealkylation sites (N-methyl/N-ethyl adjacent to an activating group) is 2. The Hall–Kier alpha value is -5.08. The van der Waals surface area contributed by atoms with E-state index in [-0.39, 0.29) is 59.4 Å².